The summed E-state index contributed by atoms with van der Waals surface area (Å²) in [5, 5.41) is 4.27. The average Bonchev–Trinajstić information content (AvgIpc) is 2.46. The van der Waals surface area contributed by atoms with Crippen LogP contribution >= 0.6 is 11.6 Å². The largest absolute Gasteiger partial charge is 0.494 e. The monoisotopic (exact) mass is 289 g/mol. The van der Waals surface area contributed by atoms with Gasteiger partial charge in [0.1, 0.15) is 5.75 Å². The van der Waals surface area contributed by atoms with Gasteiger partial charge in [0.05, 0.1) is 6.61 Å². The van der Waals surface area contributed by atoms with Crippen LogP contribution in [0.5, 0.6) is 5.75 Å². The molecule has 1 unspecified atom stereocenters. The third kappa shape index (κ3) is 3.99. The minimum atomic E-state index is 0.219. The van der Waals surface area contributed by atoms with Gasteiger partial charge in [-0.2, -0.15) is 0 Å². The van der Waals surface area contributed by atoms with Crippen molar-refractivity contribution in [1.82, 2.24) is 5.32 Å². The molecule has 2 nitrogen and oxygen atoms in total. The van der Waals surface area contributed by atoms with Crippen molar-refractivity contribution in [3.05, 3.63) is 64.7 Å². The molecule has 3 heteroatoms. The minimum absolute atomic E-state index is 0.219. The summed E-state index contributed by atoms with van der Waals surface area (Å²) < 4.78 is 5.67. The molecule has 106 valence electrons. The molecule has 20 heavy (non-hydrogen) atoms. The number of para-hydroxylation sites is 1. The highest BCUT2D eigenvalue weighted by Crippen LogP contribution is 2.25. The molecule has 1 atom stereocenters. The zero-order chi connectivity index (χ0) is 14.4. The van der Waals surface area contributed by atoms with Gasteiger partial charge in [0.2, 0.25) is 0 Å². The van der Waals surface area contributed by atoms with Crippen LogP contribution in [0.3, 0.4) is 0 Å². The van der Waals surface area contributed by atoms with Gasteiger partial charge in [0.15, 0.2) is 0 Å². The average molecular weight is 290 g/mol. The molecule has 0 aromatic heterocycles. The Labute approximate surface area is 125 Å². The predicted molar refractivity (Wildman–Crippen MR) is 84.3 cm³/mol. The number of hydrogen-bond acceptors (Lipinski definition) is 2. The van der Waals surface area contributed by atoms with Crippen molar-refractivity contribution in [3.8, 4) is 5.75 Å². The predicted octanol–water partition coefficient (Wildman–Crippen LogP) is 4.59. The van der Waals surface area contributed by atoms with Gasteiger partial charge in [0, 0.05) is 23.2 Å². The second-order valence-electron chi connectivity index (χ2n) is 4.70. The molecule has 0 aliphatic heterocycles. The van der Waals surface area contributed by atoms with Gasteiger partial charge in [-0.25, -0.2) is 0 Å². The van der Waals surface area contributed by atoms with E-state index < -0.39 is 0 Å². The van der Waals surface area contributed by atoms with Gasteiger partial charge in [0.25, 0.3) is 0 Å². The van der Waals surface area contributed by atoms with Crippen LogP contribution in [-0.2, 0) is 6.54 Å². The van der Waals surface area contributed by atoms with Crippen LogP contribution in [0.4, 0.5) is 0 Å². The zero-order valence-corrected chi connectivity index (χ0v) is 12.7. The summed E-state index contributed by atoms with van der Waals surface area (Å²) in [4.78, 5) is 0. The second kappa shape index (κ2) is 7.32. The van der Waals surface area contributed by atoms with E-state index in [2.05, 4.69) is 24.4 Å². The van der Waals surface area contributed by atoms with Crippen molar-refractivity contribution >= 4 is 11.6 Å². The highest BCUT2D eigenvalue weighted by Gasteiger charge is 2.10. The molecular formula is C17H20ClNO. The fourth-order valence-corrected chi connectivity index (χ4v) is 2.37. The Morgan fingerprint density at radius 2 is 1.95 bits per heavy atom. The number of benzene rings is 2. The molecule has 0 saturated carbocycles. The van der Waals surface area contributed by atoms with Gasteiger partial charge in [-0.05, 0) is 37.6 Å². The Morgan fingerprint density at radius 1 is 1.15 bits per heavy atom. The van der Waals surface area contributed by atoms with Crippen LogP contribution < -0.4 is 10.1 Å². The van der Waals surface area contributed by atoms with Crippen molar-refractivity contribution in [2.75, 3.05) is 6.61 Å². The van der Waals surface area contributed by atoms with Crippen LogP contribution in [-0.4, -0.2) is 6.61 Å². The van der Waals surface area contributed by atoms with E-state index in [0.29, 0.717) is 6.61 Å². The van der Waals surface area contributed by atoms with E-state index in [1.54, 1.807) is 0 Å². The summed E-state index contributed by atoms with van der Waals surface area (Å²) >= 11 is 6.00. The molecule has 0 fully saturated rings. The smallest absolute Gasteiger partial charge is 0.124 e. The Morgan fingerprint density at radius 3 is 2.70 bits per heavy atom. The van der Waals surface area contributed by atoms with Crippen molar-refractivity contribution in [3.63, 3.8) is 0 Å². The van der Waals surface area contributed by atoms with Gasteiger partial charge >= 0.3 is 0 Å². The van der Waals surface area contributed by atoms with Gasteiger partial charge in [-0.1, -0.05) is 41.9 Å². The third-order valence-corrected chi connectivity index (χ3v) is 3.42. The molecule has 0 spiro atoms. The molecule has 0 heterocycles. The number of halogens is 1. The SMILES string of the molecule is CCOc1ccccc1C(C)NCc1cccc(Cl)c1. The van der Waals surface area contributed by atoms with E-state index in [0.717, 1.165) is 17.3 Å². The quantitative estimate of drug-likeness (QED) is 0.840. The summed E-state index contributed by atoms with van der Waals surface area (Å²) in [7, 11) is 0. The molecule has 0 saturated heterocycles. The maximum absolute atomic E-state index is 6.00. The standard InChI is InChI=1S/C17H20ClNO/c1-3-20-17-10-5-4-9-16(17)13(2)19-12-14-7-6-8-15(18)11-14/h4-11,13,19H,3,12H2,1-2H3. The molecule has 2 rings (SSSR count). The molecule has 1 N–H and O–H groups in total. The van der Waals surface area contributed by atoms with Crippen LogP contribution in [0.25, 0.3) is 0 Å². The van der Waals surface area contributed by atoms with Gasteiger partial charge in [-0.3, -0.25) is 0 Å². The lowest BCUT2D eigenvalue weighted by Crippen LogP contribution is -2.18. The first kappa shape index (κ1) is 14.9. The third-order valence-electron chi connectivity index (χ3n) is 3.19. The Balaban J connectivity index is 2.03. The lowest BCUT2D eigenvalue weighted by Gasteiger charge is -2.18. The highest BCUT2D eigenvalue weighted by molar-refractivity contribution is 6.30. The summed E-state index contributed by atoms with van der Waals surface area (Å²) in [6.45, 7) is 5.60. The molecule has 2 aromatic rings. The Kier molecular flexibility index (Phi) is 5.45. The lowest BCUT2D eigenvalue weighted by molar-refractivity contribution is 0.332. The second-order valence-corrected chi connectivity index (χ2v) is 5.14. The van der Waals surface area contributed by atoms with Crippen LogP contribution in [0.2, 0.25) is 5.02 Å². The van der Waals surface area contributed by atoms with E-state index in [-0.39, 0.29) is 6.04 Å². The topological polar surface area (TPSA) is 21.3 Å². The summed E-state index contributed by atoms with van der Waals surface area (Å²) in [6, 6.07) is 16.3. The molecule has 0 aliphatic rings. The minimum Gasteiger partial charge on any atom is -0.494 e. The highest BCUT2D eigenvalue weighted by atomic mass is 35.5. The van der Waals surface area contributed by atoms with Crippen molar-refractivity contribution in [1.29, 1.82) is 0 Å². The lowest BCUT2D eigenvalue weighted by atomic mass is 10.1. The first-order valence-electron chi connectivity index (χ1n) is 6.90. The number of hydrogen-bond donors (Lipinski definition) is 1. The Hall–Kier alpha value is -1.51. The molecular weight excluding hydrogens is 270 g/mol. The maximum atomic E-state index is 6.00. The first-order chi connectivity index (χ1) is 9.70. The number of ether oxygens (including phenoxy) is 1. The van der Waals surface area contributed by atoms with Crippen LogP contribution in [0, 0.1) is 0 Å². The van der Waals surface area contributed by atoms with Gasteiger partial charge < -0.3 is 10.1 Å². The molecule has 0 aliphatic carbocycles. The summed E-state index contributed by atoms with van der Waals surface area (Å²) in [5.74, 6) is 0.945. The first-order valence-corrected chi connectivity index (χ1v) is 7.28. The normalized spacial score (nSPS) is 12.2. The van der Waals surface area contributed by atoms with E-state index in [1.807, 2.05) is 43.3 Å². The summed E-state index contributed by atoms with van der Waals surface area (Å²) in [6.07, 6.45) is 0. The van der Waals surface area contributed by atoms with Crippen molar-refractivity contribution in [2.24, 2.45) is 0 Å². The summed E-state index contributed by atoms with van der Waals surface area (Å²) in [5.41, 5.74) is 2.36. The van der Waals surface area contributed by atoms with Gasteiger partial charge in [-0.15, -0.1) is 0 Å². The molecule has 2 aromatic carbocycles. The fraction of sp³-hybridized carbons (Fsp3) is 0.294. The van der Waals surface area contributed by atoms with Crippen LogP contribution in [0.1, 0.15) is 31.0 Å². The molecule has 0 bridgehead atoms. The number of nitrogens with one attached hydrogen (secondary N) is 1. The van der Waals surface area contributed by atoms with E-state index >= 15 is 0 Å². The van der Waals surface area contributed by atoms with E-state index in [9.17, 15) is 0 Å². The van der Waals surface area contributed by atoms with Crippen molar-refractivity contribution in [2.45, 2.75) is 26.4 Å². The molecule has 0 radical (unpaired) electrons. The van der Waals surface area contributed by atoms with Crippen molar-refractivity contribution < 1.29 is 4.74 Å². The zero-order valence-electron chi connectivity index (χ0n) is 11.9. The maximum Gasteiger partial charge on any atom is 0.124 e. The van der Waals surface area contributed by atoms with E-state index in [4.69, 9.17) is 16.3 Å². The van der Waals surface area contributed by atoms with E-state index in [1.165, 1.54) is 11.1 Å². The molecule has 0 amide bonds. The fourth-order valence-electron chi connectivity index (χ4n) is 2.15. The Bertz CT molecular complexity index is 556. The van der Waals surface area contributed by atoms with Crippen LogP contribution in [0.15, 0.2) is 48.5 Å². The number of rotatable bonds is 6.